The molecule has 2 aromatic rings. The highest BCUT2D eigenvalue weighted by Gasteiger charge is 2.28. The number of amides is 2. The topological polar surface area (TPSA) is 53.2 Å². The molecule has 2 amide bonds. The van der Waals surface area contributed by atoms with Gasteiger partial charge in [0.15, 0.2) is 0 Å². The molecule has 1 unspecified atom stereocenters. The van der Waals surface area contributed by atoms with Crippen molar-refractivity contribution in [2.45, 2.75) is 50.5 Å². The third-order valence-electron chi connectivity index (χ3n) is 5.84. The minimum absolute atomic E-state index is 0.326. The maximum Gasteiger partial charge on any atom is 0.319 e. The summed E-state index contributed by atoms with van der Waals surface area (Å²) in [6, 6.07) is 10.8. The Morgan fingerprint density at radius 1 is 1.00 bits per heavy atom. The molecule has 1 aliphatic carbocycles. The van der Waals surface area contributed by atoms with E-state index in [0.717, 1.165) is 18.5 Å². The molecule has 0 aliphatic heterocycles. The van der Waals surface area contributed by atoms with Crippen LogP contribution in [-0.2, 0) is 5.41 Å². The Morgan fingerprint density at radius 2 is 1.68 bits per heavy atom. The first-order chi connectivity index (χ1) is 14.7. The SMILES string of the molecule is CC(CCNC1CCCC1)(CNC(=O)Nc1cc(Cl)cc(Cl)c1)c1ccc(Cl)c(Cl)c1. The van der Waals surface area contributed by atoms with E-state index < -0.39 is 0 Å². The number of hydrogen-bond donors (Lipinski definition) is 3. The lowest BCUT2D eigenvalue weighted by atomic mass is 9.79. The van der Waals surface area contributed by atoms with Crippen LogP contribution in [0.4, 0.5) is 10.5 Å². The largest absolute Gasteiger partial charge is 0.337 e. The van der Waals surface area contributed by atoms with Crippen molar-refractivity contribution in [3.63, 3.8) is 0 Å². The van der Waals surface area contributed by atoms with E-state index >= 15 is 0 Å². The molecular weight excluding hydrogens is 476 g/mol. The van der Waals surface area contributed by atoms with Crippen LogP contribution in [0.15, 0.2) is 36.4 Å². The van der Waals surface area contributed by atoms with Gasteiger partial charge in [-0.3, -0.25) is 0 Å². The third-order valence-corrected chi connectivity index (χ3v) is 7.02. The van der Waals surface area contributed by atoms with E-state index in [9.17, 15) is 4.79 Å². The summed E-state index contributed by atoms with van der Waals surface area (Å²) in [5.41, 5.74) is 1.23. The fourth-order valence-corrected chi connectivity index (χ4v) is 4.79. The van der Waals surface area contributed by atoms with Gasteiger partial charge < -0.3 is 16.0 Å². The number of urea groups is 1. The zero-order valence-corrected chi connectivity index (χ0v) is 20.4. The quantitative estimate of drug-likeness (QED) is 0.354. The molecule has 0 bridgehead atoms. The first kappa shape index (κ1) is 24.5. The van der Waals surface area contributed by atoms with E-state index in [-0.39, 0.29) is 11.4 Å². The lowest BCUT2D eigenvalue weighted by Gasteiger charge is -2.31. The van der Waals surface area contributed by atoms with E-state index in [0.29, 0.717) is 38.4 Å². The molecule has 3 rings (SSSR count). The molecule has 168 valence electrons. The Morgan fingerprint density at radius 3 is 2.32 bits per heavy atom. The van der Waals surface area contributed by atoms with Crippen molar-refractivity contribution in [1.29, 1.82) is 0 Å². The second-order valence-corrected chi connectivity index (χ2v) is 10.0. The van der Waals surface area contributed by atoms with Crippen LogP contribution in [0.3, 0.4) is 0 Å². The summed E-state index contributed by atoms with van der Waals surface area (Å²) in [7, 11) is 0. The van der Waals surface area contributed by atoms with Crippen molar-refractivity contribution in [2.75, 3.05) is 18.4 Å². The second-order valence-electron chi connectivity index (χ2n) is 8.34. The maximum atomic E-state index is 12.5. The molecule has 0 aromatic heterocycles. The molecule has 1 saturated carbocycles. The highest BCUT2D eigenvalue weighted by atomic mass is 35.5. The highest BCUT2D eigenvalue weighted by molar-refractivity contribution is 6.42. The molecule has 4 nitrogen and oxygen atoms in total. The highest BCUT2D eigenvalue weighted by Crippen LogP contribution is 2.32. The van der Waals surface area contributed by atoms with Crippen molar-refractivity contribution < 1.29 is 4.79 Å². The van der Waals surface area contributed by atoms with E-state index in [1.165, 1.54) is 25.7 Å². The molecule has 1 aliphatic rings. The molecule has 0 saturated heterocycles. The number of hydrogen-bond acceptors (Lipinski definition) is 2. The molecular formula is C23H27Cl4N3O. The summed E-state index contributed by atoms with van der Waals surface area (Å²) in [5.74, 6) is 0. The molecule has 31 heavy (non-hydrogen) atoms. The molecule has 0 heterocycles. The lowest BCUT2D eigenvalue weighted by molar-refractivity contribution is 0.248. The fraction of sp³-hybridized carbons (Fsp3) is 0.435. The standard InChI is InChI=1S/C23H27Cl4N3O/c1-23(8-9-28-18-4-2-3-5-18,15-6-7-20(26)21(27)10-15)14-29-22(31)30-19-12-16(24)11-17(25)13-19/h6-7,10-13,18,28H,2-5,8-9,14H2,1H3,(H2,29,30,31). The van der Waals surface area contributed by atoms with Crippen LogP contribution in [0.1, 0.15) is 44.6 Å². The summed E-state index contributed by atoms with van der Waals surface area (Å²) in [6.45, 7) is 3.41. The predicted molar refractivity (Wildman–Crippen MR) is 132 cm³/mol. The number of rotatable bonds is 8. The Hall–Kier alpha value is -1.17. The van der Waals surface area contributed by atoms with Gasteiger partial charge in [-0.25, -0.2) is 4.79 Å². The molecule has 0 spiro atoms. The van der Waals surface area contributed by atoms with Gasteiger partial charge in [0.05, 0.1) is 10.0 Å². The van der Waals surface area contributed by atoms with Crippen LogP contribution >= 0.6 is 46.4 Å². The normalized spacial score (nSPS) is 16.2. The van der Waals surface area contributed by atoms with Gasteiger partial charge in [0, 0.05) is 33.7 Å². The molecule has 8 heteroatoms. The fourth-order valence-electron chi connectivity index (χ4n) is 3.97. The summed E-state index contributed by atoms with van der Waals surface area (Å²) >= 11 is 24.4. The van der Waals surface area contributed by atoms with Crippen molar-refractivity contribution >= 4 is 58.1 Å². The summed E-state index contributed by atoms with van der Waals surface area (Å²) < 4.78 is 0. The number of nitrogens with one attached hydrogen (secondary N) is 3. The number of anilines is 1. The summed E-state index contributed by atoms with van der Waals surface area (Å²) in [5, 5.41) is 11.4. The summed E-state index contributed by atoms with van der Waals surface area (Å²) in [4.78, 5) is 12.5. The average Bonchev–Trinajstić information content (AvgIpc) is 3.21. The van der Waals surface area contributed by atoms with E-state index in [2.05, 4.69) is 22.9 Å². The first-order valence-electron chi connectivity index (χ1n) is 10.4. The Bertz CT molecular complexity index is 897. The van der Waals surface area contributed by atoms with Gasteiger partial charge in [0.2, 0.25) is 0 Å². The maximum absolute atomic E-state index is 12.5. The van der Waals surface area contributed by atoms with E-state index in [1.807, 2.05) is 12.1 Å². The van der Waals surface area contributed by atoms with Gasteiger partial charge in [-0.15, -0.1) is 0 Å². The minimum atomic E-state index is -0.330. The second kappa shape index (κ2) is 11.1. The smallest absolute Gasteiger partial charge is 0.319 e. The van der Waals surface area contributed by atoms with E-state index in [4.69, 9.17) is 46.4 Å². The number of carbonyl (C=O) groups is 1. The van der Waals surface area contributed by atoms with Gasteiger partial charge in [0.25, 0.3) is 0 Å². The lowest BCUT2D eigenvalue weighted by Crippen LogP contribution is -2.43. The molecule has 0 radical (unpaired) electrons. The van der Waals surface area contributed by atoms with Crippen molar-refractivity contribution in [3.8, 4) is 0 Å². The molecule has 3 N–H and O–H groups in total. The van der Waals surface area contributed by atoms with Crippen molar-refractivity contribution in [2.24, 2.45) is 0 Å². The molecule has 2 aromatic carbocycles. The van der Waals surface area contributed by atoms with Gasteiger partial charge in [0.1, 0.15) is 0 Å². The Balaban J connectivity index is 1.67. The zero-order chi connectivity index (χ0) is 22.4. The minimum Gasteiger partial charge on any atom is -0.337 e. The van der Waals surface area contributed by atoms with Crippen molar-refractivity contribution in [3.05, 3.63) is 62.1 Å². The average molecular weight is 503 g/mol. The molecule has 1 atom stereocenters. The Kier molecular flexibility index (Phi) is 8.77. The third kappa shape index (κ3) is 7.16. The molecule has 1 fully saturated rings. The number of carbonyl (C=O) groups excluding carboxylic acids is 1. The number of halogens is 4. The van der Waals surface area contributed by atoms with Crippen LogP contribution in [0.5, 0.6) is 0 Å². The van der Waals surface area contributed by atoms with E-state index in [1.54, 1.807) is 24.3 Å². The van der Waals surface area contributed by atoms with Gasteiger partial charge >= 0.3 is 6.03 Å². The predicted octanol–water partition coefficient (Wildman–Crippen LogP) is 7.30. The Labute approximate surface area is 204 Å². The van der Waals surface area contributed by atoms with Crippen LogP contribution in [-0.4, -0.2) is 25.2 Å². The van der Waals surface area contributed by atoms with Crippen molar-refractivity contribution in [1.82, 2.24) is 10.6 Å². The number of benzene rings is 2. The van der Waals surface area contributed by atoms with Crippen LogP contribution in [0, 0.1) is 0 Å². The van der Waals surface area contributed by atoms with Crippen LogP contribution in [0.2, 0.25) is 20.1 Å². The van der Waals surface area contributed by atoms with Gasteiger partial charge in [-0.1, -0.05) is 72.2 Å². The van der Waals surface area contributed by atoms with Gasteiger partial charge in [-0.2, -0.15) is 0 Å². The first-order valence-corrected chi connectivity index (χ1v) is 12.0. The van der Waals surface area contributed by atoms with Gasteiger partial charge in [-0.05, 0) is 61.7 Å². The summed E-state index contributed by atoms with van der Waals surface area (Å²) in [6.07, 6.45) is 5.87. The van der Waals surface area contributed by atoms with Crippen LogP contribution in [0.25, 0.3) is 0 Å². The monoisotopic (exact) mass is 501 g/mol. The zero-order valence-electron chi connectivity index (χ0n) is 17.4. The van der Waals surface area contributed by atoms with Crippen LogP contribution < -0.4 is 16.0 Å².